The normalized spacial score (nSPS) is 13.5. The van der Waals surface area contributed by atoms with Crippen LogP contribution in [-0.2, 0) is 22.4 Å². The quantitative estimate of drug-likeness (QED) is 0.0423. The van der Waals surface area contributed by atoms with Crippen LogP contribution in [0.1, 0.15) is 6.92 Å². The fraction of sp³-hybridized carbons (Fsp3) is 0.857. The SMILES string of the molecule is CCSCC/N=C/[S+]([O-])CCSCSCCSC(=O)NCCSCSCC/N=C/[S+]([O-])CCSCCO. The summed E-state index contributed by atoms with van der Waals surface area (Å²) in [6.07, 6.45) is 0. The number of aliphatic hydroxyl groups excluding tert-OH is 1. The van der Waals surface area contributed by atoms with Crippen LogP contribution in [0.5, 0.6) is 0 Å². The fourth-order valence-corrected chi connectivity index (χ4v) is 10.4. The Kier molecular flexibility index (Phi) is 34.0. The van der Waals surface area contributed by atoms with Gasteiger partial charge in [-0.3, -0.25) is 4.79 Å². The molecular weight excluding hydrogens is 647 g/mol. The second-order valence-corrected chi connectivity index (χ2v) is 18.3. The first-order valence-corrected chi connectivity index (χ1v) is 22.5. The molecule has 0 aliphatic heterocycles. The second kappa shape index (κ2) is 32.4. The summed E-state index contributed by atoms with van der Waals surface area (Å²) in [5, 5.41) is 13.6. The number of hydrogen-bond acceptors (Lipinski definition) is 13. The maximum absolute atomic E-state index is 11.9. The molecule has 0 aromatic heterocycles. The smallest absolute Gasteiger partial charge is 0.279 e. The average molecular weight is 688 g/mol. The van der Waals surface area contributed by atoms with E-state index in [4.69, 9.17) is 5.11 Å². The van der Waals surface area contributed by atoms with Gasteiger partial charge in [-0.15, -0.1) is 35.3 Å². The molecule has 37 heavy (non-hydrogen) atoms. The molecule has 0 rings (SSSR count). The lowest BCUT2D eigenvalue weighted by atomic mass is 10.8. The number of aliphatic imine (C=N–C) groups is 2. The van der Waals surface area contributed by atoms with Gasteiger partial charge in [-0.2, -0.15) is 35.3 Å². The van der Waals surface area contributed by atoms with Crippen molar-refractivity contribution in [3.05, 3.63) is 0 Å². The summed E-state index contributed by atoms with van der Waals surface area (Å²) in [4.78, 5) is 20.3. The van der Waals surface area contributed by atoms with E-state index >= 15 is 0 Å². The molecule has 0 aliphatic rings. The molecule has 0 aliphatic carbocycles. The number of rotatable bonds is 27. The summed E-state index contributed by atoms with van der Waals surface area (Å²) in [6, 6.07) is 0. The molecule has 2 N–H and O–H groups in total. The van der Waals surface area contributed by atoms with Crippen LogP contribution in [0.25, 0.3) is 0 Å². The van der Waals surface area contributed by atoms with Crippen LogP contribution in [0.15, 0.2) is 9.98 Å². The maximum Gasteiger partial charge on any atom is 0.279 e. The molecule has 2 unspecified atom stereocenters. The molecule has 0 bridgehead atoms. The monoisotopic (exact) mass is 687 g/mol. The van der Waals surface area contributed by atoms with Crippen molar-refractivity contribution in [2.24, 2.45) is 9.98 Å². The standard InChI is InChI=1S/C21H41N3O4S9/c1-2-29-7-3-22-17-37(28)16-14-34-20-33-11-12-35-21(26)24-5-9-32-19-31-8-4-23-18-36(27)15-13-30-10-6-25/h17-18,25H,2-16,19-20H2,1H3,(H,24,26)/b22-17+,23-18+. The highest BCUT2D eigenvalue weighted by atomic mass is 32.2. The van der Waals surface area contributed by atoms with Crippen LogP contribution in [-0.4, -0.2) is 130 Å². The van der Waals surface area contributed by atoms with Crippen LogP contribution in [0.3, 0.4) is 0 Å². The van der Waals surface area contributed by atoms with E-state index in [0.717, 1.165) is 62.7 Å². The predicted octanol–water partition coefficient (Wildman–Crippen LogP) is 4.31. The topological polar surface area (TPSA) is 120 Å². The highest BCUT2D eigenvalue weighted by Gasteiger charge is 2.04. The third-order valence-electron chi connectivity index (χ3n) is 3.72. The van der Waals surface area contributed by atoms with Crippen molar-refractivity contribution in [2.75, 3.05) is 99.7 Å². The summed E-state index contributed by atoms with van der Waals surface area (Å²) in [5.74, 6) is 9.12. The molecule has 2 atom stereocenters. The predicted molar refractivity (Wildman–Crippen MR) is 186 cm³/mol. The van der Waals surface area contributed by atoms with Crippen LogP contribution in [0.2, 0.25) is 0 Å². The van der Waals surface area contributed by atoms with Crippen molar-refractivity contribution in [3.63, 3.8) is 0 Å². The highest BCUT2D eigenvalue weighted by molar-refractivity contribution is 8.18. The first kappa shape index (κ1) is 38.8. The minimum absolute atomic E-state index is 0.0330. The van der Waals surface area contributed by atoms with Gasteiger partial charge in [-0.1, -0.05) is 18.7 Å². The zero-order chi connectivity index (χ0) is 27.2. The largest absolute Gasteiger partial charge is 0.611 e. The molecule has 0 fully saturated rings. The lowest BCUT2D eigenvalue weighted by Crippen LogP contribution is -2.22. The summed E-state index contributed by atoms with van der Waals surface area (Å²) in [6.45, 7) is 4.36. The Morgan fingerprint density at radius 1 is 0.784 bits per heavy atom. The second-order valence-electron chi connectivity index (χ2n) is 6.66. The van der Waals surface area contributed by atoms with Gasteiger partial charge in [0.25, 0.3) is 5.24 Å². The van der Waals surface area contributed by atoms with Crippen LogP contribution in [0.4, 0.5) is 4.79 Å². The highest BCUT2D eigenvalue weighted by Crippen LogP contribution is 2.15. The maximum atomic E-state index is 11.9. The van der Waals surface area contributed by atoms with Crippen molar-refractivity contribution >= 4 is 121 Å². The van der Waals surface area contributed by atoms with Gasteiger partial charge in [-0.25, -0.2) is 9.98 Å². The van der Waals surface area contributed by atoms with E-state index in [1.807, 2.05) is 23.5 Å². The van der Waals surface area contributed by atoms with Crippen LogP contribution >= 0.6 is 82.3 Å². The summed E-state index contributed by atoms with van der Waals surface area (Å²) >= 11 is 9.96. The number of thioether (sulfide) groups is 7. The average Bonchev–Trinajstić information content (AvgIpc) is 2.89. The molecule has 0 saturated heterocycles. The molecule has 0 aromatic carbocycles. The van der Waals surface area contributed by atoms with Crippen molar-refractivity contribution in [1.82, 2.24) is 5.32 Å². The molecule has 0 radical (unpaired) electrons. The van der Waals surface area contributed by atoms with Crippen molar-refractivity contribution in [2.45, 2.75) is 6.92 Å². The first-order valence-electron chi connectivity index (χ1n) is 11.8. The Morgan fingerprint density at radius 3 is 2.00 bits per heavy atom. The number of carbonyl (C=O) groups is 1. The van der Waals surface area contributed by atoms with E-state index in [0.29, 0.717) is 30.3 Å². The number of nitrogens with zero attached hydrogens (tertiary/aromatic N) is 2. The number of hydrogen-bond donors (Lipinski definition) is 2. The van der Waals surface area contributed by atoms with E-state index in [2.05, 4.69) is 22.2 Å². The third kappa shape index (κ3) is 32.2. The minimum atomic E-state index is -1.02. The van der Waals surface area contributed by atoms with Gasteiger partial charge in [0.2, 0.25) is 11.1 Å². The molecule has 0 saturated carbocycles. The fourth-order valence-electron chi connectivity index (χ4n) is 2.03. The lowest BCUT2D eigenvalue weighted by Gasteiger charge is -2.06. The summed E-state index contributed by atoms with van der Waals surface area (Å²) in [7, 11) is 0. The zero-order valence-electron chi connectivity index (χ0n) is 21.4. The number of carbonyl (C=O) groups excluding carboxylic acids is 1. The van der Waals surface area contributed by atoms with Gasteiger partial charge < -0.3 is 19.5 Å². The van der Waals surface area contributed by atoms with Gasteiger partial charge in [-0.05, 0) is 28.1 Å². The Balaban J connectivity index is 3.37. The first-order chi connectivity index (χ1) is 18.1. The molecule has 16 heteroatoms. The van der Waals surface area contributed by atoms with E-state index in [-0.39, 0.29) is 11.8 Å². The van der Waals surface area contributed by atoms with Crippen molar-refractivity contribution < 1.29 is 19.0 Å². The molecule has 0 aromatic rings. The van der Waals surface area contributed by atoms with E-state index in [1.165, 1.54) is 17.3 Å². The Hall–Kier alpha value is 1.84. The van der Waals surface area contributed by atoms with E-state index in [1.54, 1.807) is 52.6 Å². The van der Waals surface area contributed by atoms with Gasteiger partial charge in [0.05, 0.1) is 19.7 Å². The van der Waals surface area contributed by atoms with Crippen molar-refractivity contribution in [3.8, 4) is 0 Å². The van der Waals surface area contributed by atoms with Gasteiger partial charge >= 0.3 is 0 Å². The Morgan fingerprint density at radius 2 is 1.35 bits per heavy atom. The Labute approximate surface area is 259 Å². The zero-order valence-corrected chi connectivity index (χ0v) is 28.8. The molecule has 7 nitrogen and oxygen atoms in total. The molecule has 1 amide bonds. The van der Waals surface area contributed by atoms with Gasteiger partial charge in [0.1, 0.15) is 11.5 Å². The summed E-state index contributed by atoms with van der Waals surface area (Å²) in [5.41, 5.74) is 3.12. The van der Waals surface area contributed by atoms with E-state index < -0.39 is 22.4 Å². The third-order valence-corrected chi connectivity index (χ3v) is 13.8. The number of aliphatic hydroxyl groups is 1. The molecule has 0 heterocycles. The van der Waals surface area contributed by atoms with E-state index in [9.17, 15) is 13.9 Å². The molecular formula is C21H41N3O4S9. The molecule has 0 spiro atoms. The number of amides is 1. The van der Waals surface area contributed by atoms with Crippen LogP contribution in [0, 0.1) is 0 Å². The van der Waals surface area contributed by atoms with Crippen LogP contribution < -0.4 is 5.32 Å². The lowest BCUT2D eigenvalue weighted by molar-refractivity contribution is 0.261. The Bertz CT molecular complexity index is 569. The minimum Gasteiger partial charge on any atom is -0.611 e. The molecule has 218 valence electrons. The summed E-state index contributed by atoms with van der Waals surface area (Å²) < 4.78 is 23.5. The number of nitrogens with one attached hydrogen (secondary N) is 1. The van der Waals surface area contributed by atoms with Crippen molar-refractivity contribution in [1.29, 1.82) is 0 Å². The van der Waals surface area contributed by atoms with Gasteiger partial charge in [0, 0.05) is 62.7 Å². The van der Waals surface area contributed by atoms with Gasteiger partial charge in [0.15, 0.2) is 0 Å².